The maximum Gasteiger partial charge on any atom is 0.243 e. The number of hydrogen-bond acceptors (Lipinski definition) is 3. The summed E-state index contributed by atoms with van der Waals surface area (Å²) in [6.45, 7) is 0.965. The maximum atomic E-state index is 12.9. The number of halogens is 1. The van der Waals surface area contributed by atoms with E-state index in [1.807, 2.05) is 24.3 Å². The normalized spacial score (nSPS) is 19.3. The number of nitrogens with one attached hydrogen (secondary N) is 1. The molecule has 0 amide bonds. The van der Waals surface area contributed by atoms with E-state index < -0.39 is 10.0 Å². The second-order valence-corrected chi connectivity index (χ2v) is 8.67. The molecule has 1 saturated heterocycles. The van der Waals surface area contributed by atoms with E-state index in [1.54, 1.807) is 28.6 Å². The second kappa shape index (κ2) is 6.44. The third-order valence-corrected chi connectivity index (χ3v) is 6.76. The summed E-state index contributed by atoms with van der Waals surface area (Å²) in [5.41, 5.74) is 1.89. The molecule has 25 heavy (non-hydrogen) atoms. The lowest BCUT2D eigenvalue weighted by molar-refractivity contribution is 0.310. The molecule has 1 N–H and O–H groups in total. The first-order valence-corrected chi connectivity index (χ1v) is 10.1. The first-order chi connectivity index (χ1) is 12.0. The Bertz CT molecular complexity index is 966. The van der Waals surface area contributed by atoms with Crippen molar-refractivity contribution in [3.05, 3.63) is 59.4 Å². The summed E-state index contributed by atoms with van der Waals surface area (Å²) in [6.07, 6.45) is 1.74. The van der Waals surface area contributed by atoms with Crippen molar-refractivity contribution in [2.75, 3.05) is 13.1 Å². The molecule has 7 heteroatoms. The molecule has 1 unspecified atom stereocenters. The van der Waals surface area contributed by atoms with Gasteiger partial charge in [0.05, 0.1) is 15.9 Å². The van der Waals surface area contributed by atoms with E-state index in [-0.39, 0.29) is 10.8 Å². The van der Waals surface area contributed by atoms with Gasteiger partial charge in [-0.2, -0.15) is 4.31 Å². The minimum atomic E-state index is -3.52. The second-order valence-electron chi connectivity index (χ2n) is 6.30. The van der Waals surface area contributed by atoms with Crippen LogP contribution < -0.4 is 0 Å². The molecule has 1 aromatic heterocycles. The molecule has 130 valence electrons. The SMILES string of the molecule is O=S(=O)(c1ccc(Cl)cc1)N1CCCC(c2nc3ccccc3[nH]2)C1. The topological polar surface area (TPSA) is 66.1 Å². The summed E-state index contributed by atoms with van der Waals surface area (Å²) in [6, 6.07) is 14.2. The number of fused-ring (bicyclic) bond motifs is 1. The molecule has 2 aromatic carbocycles. The molecule has 1 aliphatic rings. The number of H-pyrrole nitrogens is 1. The zero-order chi connectivity index (χ0) is 17.4. The average Bonchev–Trinajstić information content (AvgIpc) is 3.06. The van der Waals surface area contributed by atoms with Crippen LogP contribution in [-0.2, 0) is 10.0 Å². The number of hydrogen-bond donors (Lipinski definition) is 1. The molecule has 0 saturated carbocycles. The Balaban J connectivity index is 1.61. The fourth-order valence-electron chi connectivity index (χ4n) is 3.31. The molecule has 2 heterocycles. The highest BCUT2D eigenvalue weighted by molar-refractivity contribution is 7.89. The Hall–Kier alpha value is -1.89. The van der Waals surface area contributed by atoms with E-state index in [2.05, 4.69) is 9.97 Å². The summed E-state index contributed by atoms with van der Waals surface area (Å²) >= 11 is 5.87. The number of piperidine rings is 1. The molecule has 1 fully saturated rings. The van der Waals surface area contributed by atoms with Gasteiger partial charge in [0, 0.05) is 24.0 Å². The Morgan fingerprint density at radius 3 is 2.64 bits per heavy atom. The third kappa shape index (κ3) is 3.17. The zero-order valence-electron chi connectivity index (χ0n) is 13.5. The Morgan fingerprint density at radius 1 is 1.12 bits per heavy atom. The van der Waals surface area contributed by atoms with E-state index >= 15 is 0 Å². The zero-order valence-corrected chi connectivity index (χ0v) is 15.1. The van der Waals surface area contributed by atoms with Crippen LogP contribution in [0.5, 0.6) is 0 Å². The van der Waals surface area contributed by atoms with Crippen molar-refractivity contribution in [1.29, 1.82) is 0 Å². The first kappa shape index (κ1) is 16.6. The summed E-state index contributed by atoms with van der Waals surface area (Å²) in [7, 11) is -3.52. The Kier molecular flexibility index (Phi) is 4.27. The fourth-order valence-corrected chi connectivity index (χ4v) is 4.96. The first-order valence-electron chi connectivity index (χ1n) is 8.24. The smallest absolute Gasteiger partial charge is 0.243 e. The van der Waals surface area contributed by atoms with Crippen molar-refractivity contribution in [3.8, 4) is 0 Å². The summed E-state index contributed by atoms with van der Waals surface area (Å²) in [5.74, 6) is 0.931. The highest BCUT2D eigenvalue weighted by Gasteiger charge is 2.32. The number of nitrogens with zero attached hydrogens (tertiary/aromatic N) is 2. The molecule has 0 spiro atoms. The maximum absolute atomic E-state index is 12.9. The molecule has 1 atom stereocenters. The summed E-state index contributed by atoms with van der Waals surface area (Å²) in [4.78, 5) is 8.26. The monoisotopic (exact) mass is 375 g/mol. The van der Waals surface area contributed by atoms with E-state index in [0.29, 0.717) is 18.1 Å². The molecule has 0 bridgehead atoms. The minimum Gasteiger partial charge on any atom is -0.342 e. The van der Waals surface area contributed by atoms with Crippen LogP contribution in [0.3, 0.4) is 0 Å². The predicted octanol–water partition coefficient (Wildman–Crippen LogP) is 3.78. The summed E-state index contributed by atoms with van der Waals surface area (Å²) < 4.78 is 27.4. The van der Waals surface area contributed by atoms with Gasteiger partial charge in [-0.1, -0.05) is 23.7 Å². The van der Waals surface area contributed by atoms with Gasteiger partial charge in [-0.3, -0.25) is 0 Å². The summed E-state index contributed by atoms with van der Waals surface area (Å²) in [5, 5.41) is 0.526. The van der Waals surface area contributed by atoms with Crippen LogP contribution in [0.4, 0.5) is 0 Å². The number of rotatable bonds is 3. The lowest BCUT2D eigenvalue weighted by Crippen LogP contribution is -2.39. The predicted molar refractivity (Wildman–Crippen MR) is 98.3 cm³/mol. The lowest BCUT2D eigenvalue weighted by Gasteiger charge is -2.31. The van der Waals surface area contributed by atoms with E-state index in [9.17, 15) is 8.42 Å². The van der Waals surface area contributed by atoms with Crippen molar-refractivity contribution in [1.82, 2.24) is 14.3 Å². The molecule has 1 aliphatic heterocycles. The molecule has 0 radical (unpaired) electrons. The van der Waals surface area contributed by atoms with Gasteiger partial charge in [0.25, 0.3) is 0 Å². The van der Waals surface area contributed by atoms with Crippen molar-refractivity contribution >= 4 is 32.7 Å². The fraction of sp³-hybridized carbons (Fsp3) is 0.278. The molecule has 3 aromatic rings. The molecular formula is C18H18ClN3O2S. The third-order valence-electron chi connectivity index (χ3n) is 4.63. The molecule has 0 aliphatic carbocycles. The van der Waals surface area contributed by atoms with Crippen LogP contribution in [-0.4, -0.2) is 35.8 Å². The number of benzene rings is 2. The van der Waals surface area contributed by atoms with Crippen molar-refractivity contribution < 1.29 is 8.42 Å². The average molecular weight is 376 g/mol. The molecular weight excluding hydrogens is 358 g/mol. The highest BCUT2D eigenvalue weighted by atomic mass is 35.5. The van der Waals surface area contributed by atoms with E-state index in [0.717, 1.165) is 29.7 Å². The number of sulfonamides is 1. The van der Waals surface area contributed by atoms with Gasteiger partial charge in [0.1, 0.15) is 5.82 Å². The van der Waals surface area contributed by atoms with E-state index in [1.165, 1.54) is 0 Å². The van der Waals surface area contributed by atoms with Crippen LogP contribution in [0, 0.1) is 0 Å². The van der Waals surface area contributed by atoms with Gasteiger partial charge in [0.2, 0.25) is 10.0 Å². The number of aromatic amines is 1. The van der Waals surface area contributed by atoms with Crippen LogP contribution in [0.2, 0.25) is 5.02 Å². The molecule has 5 nitrogen and oxygen atoms in total. The Morgan fingerprint density at radius 2 is 1.88 bits per heavy atom. The van der Waals surface area contributed by atoms with Gasteiger partial charge < -0.3 is 4.98 Å². The standard InChI is InChI=1S/C18H18ClN3O2S/c19-14-7-9-15(10-8-14)25(23,24)22-11-3-4-13(12-22)18-20-16-5-1-2-6-17(16)21-18/h1-2,5-10,13H,3-4,11-12H2,(H,20,21). The van der Waals surface area contributed by atoms with E-state index in [4.69, 9.17) is 11.6 Å². The van der Waals surface area contributed by atoms with Crippen LogP contribution >= 0.6 is 11.6 Å². The number of imidazole rings is 1. The van der Waals surface area contributed by atoms with Gasteiger partial charge in [-0.25, -0.2) is 13.4 Å². The van der Waals surface area contributed by atoms with Gasteiger partial charge in [-0.15, -0.1) is 0 Å². The quantitative estimate of drug-likeness (QED) is 0.757. The van der Waals surface area contributed by atoms with Crippen LogP contribution in [0.1, 0.15) is 24.6 Å². The van der Waals surface area contributed by atoms with Crippen LogP contribution in [0.25, 0.3) is 11.0 Å². The van der Waals surface area contributed by atoms with Crippen LogP contribution in [0.15, 0.2) is 53.4 Å². The van der Waals surface area contributed by atoms with Crippen molar-refractivity contribution in [2.45, 2.75) is 23.7 Å². The van der Waals surface area contributed by atoms with Gasteiger partial charge in [0.15, 0.2) is 0 Å². The Labute approximate surface area is 151 Å². The highest BCUT2D eigenvalue weighted by Crippen LogP contribution is 2.30. The lowest BCUT2D eigenvalue weighted by atomic mass is 9.99. The number of aromatic nitrogens is 2. The van der Waals surface area contributed by atoms with Gasteiger partial charge in [-0.05, 0) is 49.2 Å². The van der Waals surface area contributed by atoms with Crippen molar-refractivity contribution in [2.24, 2.45) is 0 Å². The molecule has 4 rings (SSSR count). The minimum absolute atomic E-state index is 0.0724. The number of para-hydroxylation sites is 2. The van der Waals surface area contributed by atoms with Crippen molar-refractivity contribution in [3.63, 3.8) is 0 Å². The van der Waals surface area contributed by atoms with Gasteiger partial charge >= 0.3 is 0 Å². The largest absolute Gasteiger partial charge is 0.342 e.